The molecule has 7 heteroatoms. The zero-order chi connectivity index (χ0) is 17.5. The first-order valence-electron chi connectivity index (χ1n) is 7.41. The molecule has 0 aliphatic carbocycles. The summed E-state index contributed by atoms with van der Waals surface area (Å²) in [5, 5.41) is 0.538. The lowest BCUT2D eigenvalue weighted by Crippen LogP contribution is -2.45. The quantitative estimate of drug-likeness (QED) is 0.863. The monoisotopic (exact) mass is 344 g/mol. The van der Waals surface area contributed by atoms with Crippen LogP contribution in [-0.4, -0.2) is 25.2 Å². The molecule has 1 aliphatic rings. The van der Waals surface area contributed by atoms with Crippen molar-refractivity contribution in [1.82, 2.24) is 9.84 Å². The maximum atomic E-state index is 12.5. The Morgan fingerprint density at radius 2 is 1.38 bits per heavy atom. The topological polar surface area (TPSA) is 83.6 Å². The summed E-state index contributed by atoms with van der Waals surface area (Å²) in [5.41, 5.74) is 1.36. The molecule has 0 spiro atoms. The van der Waals surface area contributed by atoms with Crippen molar-refractivity contribution in [1.29, 1.82) is 0 Å². The van der Waals surface area contributed by atoms with E-state index in [1.54, 1.807) is 24.3 Å². The minimum atomic E-state index is -4.04. The van der Waals surface area contributed by atoms with E-state index in [1.807, 2.05) is 13.8 Å². The van der Waals surface area contributed by atoms with E-state index in [1.165, 1.54) is 24.3 Å². The number of carbonyl (C=O) groups excluding carboxylic acids is 2. The lowest BCUT2D eigenvalue weighted by atomic mass is 10.0. The zero-order valence-electron chi connectivity index (χ0n) is 13.2. The molecular formula is C17H16N2O4S. The Kier molecular flexibility index (Phi) is 3.98. The first-order chi connectivity index (χ1) is 11.3. The number of fused-ring (bicyclic) bond motifs is 1. The van der Waals surface area contributed by atoms with Gasteiger partial charge in [0.25, 0.3) is 21.8 Å². The number of nitrogens with one attached hydrogen (secondary N) is 1. The van der Waals surface area contributed by atoms with Crippen LogP contribution < -0.4 is 4.83 Å². The van der Waals surface area contributed by atoms with Gasteiger partial charge in [-0.05, 0) is 35.7 Å². The lowest BCUT2D eigenvalue weighted by molar-refractivity contribution is 0.0618. The maximum Gasteiger partial charge on any atom is 0.277 e. The van der Waals surface area contributed by atoms with Gasteiger partial charge in [-0.25, -0.2) is 8.42 Å². The van der Waals surface area contributed by atoms with E-state index in [9.17, 15) is 18.0 Å². The van der Waals surface area contributed by atoms with Crippen LogP contribution in [0, 0.1) is 0 Å². The molecule has 0 saturated carbocycles. The molecule has 0 aromatic heterocycles. The van der Waals surface area contributed by atoms with Gasteiger partial charge in [-0.2, -0.15) is 5.01 Å². The second-order valence-corrected chi connectivity index (χ2v) is 7.47. The van der Waals surface area contributed by atoms with Gasteiger partial charge in [0.05, 0.1) is 16.0 Å². The number of imide groups is 1. The average Bonchev–Trinajstić information content (AvgIpc) is 2.80. The second kappa shape index (κ2) is 5.85. The van der Waals surface area contributed by atoms with Crippen LogP contribution in [0.25, 0.3) is 0 Å². The fourth-order valence-corrected chi connectivity index (χ4v) is 3.48. The molecule has 0 fully saturated rings. The Bertz CT molecular complexity index is 883. The van der Waals surface area contributed by atoms with Gasteiger partial charge in [-0.15, -0.1) is 4.83 Å². The molecule has 0 bridgehead atoms. The van der Waals surface area contributed by atoms with Crippen molar-refractivity contribution in [3.8, 4) is 0 Å². The highest BCUT2D eigenvalue weighted by atomic mass is 32.2. The van der Waals surface area contributed by atoms with Gasteiger partial charge < -0.3 is 0 Å². The van der Waals surface area contributed by atoms with Crippen LogP contribution in [0.2, 0.25) is 0 Å². The van der Waals surface area contributed by atoms with E-state index in [0.717, 1.165) is 5.56 Å². The van der Waals surface area contributed by atoms with Crippen LogP contribution in [0.3, 0.4) is 0 Å². The van der Waals surface area contributed by atoms with Crippen LogP contribution >= 0.6 is 0 Å². The molecule has 1 N–H and O–H groups in total. The number of benzene rings is 2. The number of amides is 2. The normalized spacial score (nSPS) is 14.4. The molecule has 3 rings (SSSR count). The Morgan fingerprint density at radius 1 is 0.875 bits per heavy atom. The summed E-state index contributed by atoms with van der Waals surface area (Å²) in [5.74, 6) is -1.10. The number of carbonyl (C=O) groups is 2. The highest BCUT2D eigenvalue weighted by Gasteiger charge is 2.38. The lowest BCUT2D eigenvalue weighted by Gasteiger charge is -2.15. The molecule has 0 radical (unpaired) electrons. The van der Waals surface area contributed by atoms with Crippen molar-refractivity contribution in [2.24, 2.45) is 0 Å². The van der Waals surface area contributed by atoms with Crippen molar-refractivity contribution in [2.45, 2.75) is 24.7 Å². The van der Waals surface area contributed by atoms with E-state index in [2.05, 4.69) is 4.83 Å². The molecule has 0 saturated heterocycles. The van der Waals surface area contributed by atoms with E-state index in [-0.39, 0.29) is 21.9 Å². The van der Waals surface area contributed by atoms with Crippen molar-refractivity contribution in [3.05, 3.63) is 65.2 Å². The van der Waals surface area contributed by atoms with Gasteiger partial charge in [-0.1, -0.05) is 38.1 Å². The molecule has 6 nitrogen and oxygen atoms in total. The van der Waals surface area contributed by atoms with E-state index in [0.29, 0.717) is 5.01 Å². The first kappa shape index (κ1) is 16.4. The van der Waals surface area contributed by atoms with E-state index >= 15 is 0 Å². The number of sulfonamides is 1. The van der Waals surface area contributed by atoms with Gasteiger partial charge in [0.2, 0.25) is 0 Å². The Balaban J connectivity index is 1.88. The van der Waals surface area contributed by atoms with Crippen molar-refractivity contribution < 1.29 is 18.0 Å². The maximum absolute atomic E-state index is 12.5. The number of hydrogen-bond donors (Lipinski definition) is 1. The minimum absolute atomic E-state index is 0.0107. The van der Waals surface area contributed by atoms with Gasteiger partial charge in [0, 0.05) is 0 Å². The summed E-state index contributed by atoms with van der Waals surface area (Å²) < 4.78 is 24.9. The summed E-state index contributed by atoms with van der Waals surface area (Å²) in [4.78, 5) is 26.5. The van der Waals surface area contributed by atoms with Crippen molar-refractivity contribution in [3.63, 3.8) is 0 Å². The third-order valence-electron chi connectivity index (χ3n) is 3.86. The van der Waals surface area contributed by atoms with Crippen LogP contribution in [0.15, 0.2) is 53.4 Å². The van der Waals surface area contributed by atoms with Crippen molar-refractivity contribution >= 4 is 21.8 Å². The molecule has 2 aromatic rings. The van der Waals surface area contributed by atoms with Gasteiger partial charge in [0.1, 0.15) is 0 Å². The molecule has 124 valence electrons. The number of nitrogens with zero attached hydrogens (tertiary/aromatic N) is 1. The molecule has 0 unspecified atom stereocenters. The zero-order valence-corrected chi connectivity index (χ0v) is 14.0. The summed E-state index contributed by atoms with van der Waals surface area (Å²) >= 11 is 0. The third kappa shape index (κ3) is 2.72. The molecule has 1 heterocycles. The molecule has 2 amide bonds. The van der Waals surface area contributed by atoms with Crippen LogP contribution in [0.4, 0.5) is 0 Å². The number of hydrazine groups is 1. The Labute approximate surface area is 140 Å². The van der Waals surface area contributed by atoms with Crippen LogP contribution in [-0.2, 0) is 10.0 Å². The average molecular weight is 344 g/mol. The highest BCUT2D eigenvalue weighted by molar-refractivity contribution is 7.89. The molecule has 2 aromatic carbocycles. The van der Waals surface area contributed by atoms with Gasteiger partial charge in [-0.3, -0.25) is 9.59 Å². The predicted octanol–water partition coefficient (Wildman–Crippen LogP) is 2.30. The van der Waals surface area contributed by atoms with Crippen LogP contribution in [0.1, 0.15) is 46.0 Å². The predicted molar refractivity (Wildman–Crippen MR) is 87.8 cm³/mol. The highest BCUT2D eigenvalue weighted by Crippen LogP contribution is 2.23. The standard InChI is InChI=1S/C17H16N2O4S/c1-11(2)12-7-9-13(10-8-12)24(22,23)18-19-16(20)14-5-3-4-6-15(14)17(19)21/h3-11,18H,1-2H3. The summed E-state index contributed by atoms with van der Waals surface area (Å²) in [6, 6.07) is 12.5. The van der Waals surface area contributed by atoms with E-state index < -0.39 is 21.8 Å². The van der Waals surface area contributed by atoms with E-state index in [4.69, 9.17) is 0 Å². The molecule has 1 aliphatic heterocycles. The summed E-state index contributed by atoms with van der Waals surface area (Å²) in [6.07, 6.45) is 0. The fraction of sp³-hybridized carbons (Fsp3) is 0.176. The Morgan fingerprint density at radius 3 is 1.83 bits per heavy atom. The number of hydrogen-bond acceptors (Lipinski definition) is 4. The molecule has 0 atom stereocenters. The number of rotatable bonds is 4. The van der Waals surface area contributed by atoms with Crippen molar-refractivity contribution in [2.75, 3.05) is 0 Å². The fourth-order valence-electron chi connectivity index (χ4n) is 2.48. The Hall–Kier alpha value is -2.51. The third-order valence-corrected chi connectivity index (χ3v) is 5.18. The minimum Gasteiger partial charge on any atom is -0.267 e. The smallest absolute Gasteiger partial charge is 0.267 e. The largest absolute Gasteiger partial charge is 0.277 e. The molecular weight excluding hydrogens is 328 g/mol. The first-order valence-corrected chi connectivity index (χ1v) is 8.90. The second-order valence-electron chi connectivity index (χ2n) is 5.81. The summed E-state index contributed by atoms with van der Waals surface area (Å²) in [6.45, 7) is 4.00. The van der Waals surface area contributed by atoms with Crippen LogP contribution in [0.5, 0.6) is 0 Å². The van der Waals surface area contributed by atoms with Gasteiger partial charge in [0.15, 0.2) is 0 Å². The molecule has 24 heavy (non-hydrogen) atoms. The summed E-state index contributed by atoms with van der Waals surface area (Å²) in [7, 11) is -4.04. The SMILES string of the molecule is CC(C)c1ccc(S(=O)(=O)NN2C(=O)c3ccccc3C2=O)cc1. The van der Waals surface area contributed by atoms with Gasteiger partial charge >= 0.3 is 0 Å².